The van der Waals surface area contributed by atoms with E-state index in [0.717, 1.165) is 23.3 Å². The Kier molecular flexibility index (Phi) is 3.71. The first-order valence-corrected chi connectivity index (χ1v) is 7.63. The molecular weight excluding hydrogens is 296 g/mol. The lowest BCUT2D eigenvalue weighted by atomic mass is 10.0. The Morgan fingerprint density at radius 3 is 2.48 bits per heavy atom. The number of hydrogen-bond donors (Lipinski definition) is 1. The molecule has 0 heterocycles. The van der Waals surface area contributed by atoms with Crippen LogP contribution in [0.3, 0.4) is 0 Å². The molecule has 1 N–H and O–H groups in total. The molecule has 1 fully saturated rings. The van der Waals surface area contributed by atoms with E-state index < -0.39 is 11.6 Å². The van der Waals surface area contributed by atoms with Gasteiger partial charge in [-0.2, -0.15) is 0 Å². The zero-order valence-electron chi connectivity index (χ0n) is 13.4. The van der Waals surface area contributed by atoms with E-state index in [1.165, 1.54) is 6.07 Å². The van der Waals surface area contributed by atoms with Crippen LogP contribution >= 0.6 is 0 Å². The molecule has 0 saturated heterocycles. The van der Waals surface area contributed by atoms with Gasteiger partial charge in [-0.15, -0.1) is 0 Å². The summed E-state index contributed by atoms with van der Waals surface area (Å²) in [4.78, 5) is 12.5. The monoisotopic (exact) mass is 315 g/mol. The van der Waals surface area contributed by atoms with Gasteiger partial charge in [0.05, 0.1) is 5.92 Å². The lowest BCUT2D eigenvalue weighted by Gasteiger charge is -2.06. The summed E-state index contributed by atoms with van der Waals surface area (Å²) >= 11 is 0. The Balaban J connectivity index is 1.78. The van der Waals surface area contributed by atoms with Gasteiger partial charge < -0.3 is 5.32 Å². The second kappa shape index (κ2) is 5.44. The van der Waals surface area contributed by atoms with Gasteiger partial charge in [0.1, 0.15) is 0 Å². The van der Waals surface area contributed by atoms with E-state index >= 15 is 0 Å². The maximum atomic E-state index is 13.3. The molecule has 1 aliphatic rings. The van der Waals surface area contributed by atoms with E-state index in [0.29, 0.717) is 0 Å². The molecule has 120 valence electrons. The fraction of sp³-hybridized carbons (Fsp3) is 0.316. The summed E-state index contributed by atoms with van der Waals surface area (Å²) < 4.78 is 26.2. The molecule has 0 aromatic heterocycles. The first-order chi connectivity index (χ1) is 10.8. The third-order valence-corrected chi connectivity index (χ3v) is 4.70. The topological polar surface area (TPSA) is 29.1 Å². The van der Waals surface area contributed by atoms with Gasteiger partial charge in [0.15, 0.2) is 11.6 Å². The van der Waals surface area contributed by atoms with E-state index in [9.17, 15) is 13.6 Å². The highest BCUT2D eigenvalue weighted by atomic mass is 19.2. The molecule has 23 heavy (non-hydrogen) atoms. The zero-order chi connectivity index (χ0) is 16.8. The average Bonchev–Trinajstić information content (AvgIpc) is 3.06. The number of nitrogens with one attached hydrogen (secondary N) is 1. The molecule has 1 amide bonds. The minimum Gasteiger partial charge on any atom is -0.326 e. The van der Waals surface area contributed by atoms with Crippen molar-refractivity contribution in [1.82, 2.24) is 0 Å². The smallest absolute Gasteiger partial charge is 0.228 e. The summed E-state index contributed by atoms with van der Waals surface area (Å²) in [5.41, 5.74) is 2.42. The third-order valence-electron chi connectivity index (χ3n) is 4.70. The number of hydrogen-bond acceptors (Lipinski definition) is 1. The van der Waals surface area contributed by atoms with E-state index in [2.05, 4.69) is 25.2 Å². The van der Waals surface area contributed by atoms with E-state index in [1.807, 2.05) is 25.1 Å². The molecule has 4 heteroatoms. The Bertz CT molecular complexity index is 770. The molecule has 0 aliphatic heterocycles. The fourth-order valence-electron chi connectivity index (χ4n) is 3.41. The normalized spacial score (nSPS) is 21.8. The molecule has 2 nitrogen and oxygen atoms in total. The second-order valence-corrected chi connectivity index (χ2v) is 6.81. The van der Waals surface area contributed by atoms with E-state index in [-0.39, 0.29) is 28.8 Å². The first-order valence-electron chi connectivity index (χ1n) is 7.63. The van der Waals surface area contributed by atoms with Gasteiger partial charge in [-0.3, -0.25) is 4.79 Å². The fourth-order valence-corrected chi connectivity index (χ4v) is 3.41. The molecule has 0 unspecified atom stereocenters. The van der Waals surface area contributed by atoms with Crippen LogP contribution in [0.15, 0.2) is 42.5 Å². The Morgan fingerprint density at radius 2 is 1.83 bits per heavy atom. The molecule has 0 radical (unpaired) electrons. The van der Waals surface area contributed by atoms with Crippen LogP contribution in [0, 0.1) is 29.9 Å². The van der Waals surface area contributed by atoms with Crippen molar-refractivity contribution in [3.8, 4) is 0 Å². The highest BCUT2D eigenvalue weighted by Gasteiger charge is 2.62. The summed E-state index contributed by atoms with van der Waals surface area (Å²) in [6, 6.07) is 11.5. The lowest BCUT2D eigenvalue weighted by Crippen LogP contribution is -2.17. The van der Waals surface area contributed by atoms with Crippen LogP contribution in [-0.4, -0.2) is 5.91 Å². The maximum absolute atomic E-state index is 13.3. The Morgan fingerprint density at radius 1 is 1.09 bits per heavy atom. The lowest BCUT2D eigenvalue weighted by molar-refractivity contribution is -0.118. The third kappa shape index (κ3) is 2.85. The molecule has 1 aliphatic carbocycles. The average molecular weight is 315 g/mol. The van der Waals surface area contributed by atoms with Crippen molar-refractivity contribution in [2.24, 2.45) is 11.3 Å². The number of anilines is 1. The van der Waals surface area contributed by atoms with Crippen molar-refractivity contribution in [2.75, 3.05) is 5.32 Å². The Hall–Kier alpha value is -2.23. The summed E-state index contributed by atoms with van der Waals surface area (Å²) in [5.74, 6) is -2.10. The standard InChI is InChI=1S/C19H19F2NO/c1-11-5-4-6-12(9-11)16-17(19(16,2)3)18(23)22-13-7-8-14(20)15(21)10-13/h4-10,16-17H,1-3H3,(H,22,23)/t16-,17+/m1/s1. The number of benzene rings is 2. The highest BCUT2D eigenvalue weighted by Crippen LogP contribution is 2.64. The van der Waals surface area contributed by atoms with Gasteiger partial charge in [0.25, 0.3) is 0 Å². The minimum absolute atomic E-state index is 0.132. The quantitative estimate of drug-likeness (QED) is 0.877. The molecule has 0 bridgehead atoms. The molecule has 3 rings (SSSR count). The van der Waals surface area contributed by atoms with Gasteiger partial charge >= 0.3 is 0 Å². The highest BCUT2D eigenvalue weighted by molar-refractivity contribution is 5.96. The van der Waals surface area contributed by atoms with Crippen LogP contribution < -0.4 is 5.32 Å². The van der Waals surface area contributed by atoms with Crippen LogP contribution in [0.1, 0.15) is 30.9 Å². The van der Waals surface area contributed by atoms with Crippen LogP contribution in [-0.2, 0) is 4.79 Å². The zero-order valence-corrected chi connectivity index (χ0v) is 13.4. The van der Waals surface area contributed by atoms with Crippen molar-refractivity contribution in [1.29, 1.82) is 0 Å². The molecule has 0 spiro atoms. The SMILES string of the molecule is Cc1cccc([C@@H]2[C@@H](C(=O)Nc3ccc(F)c(F)c3)C2(C)C)c1. The van der Waals surface area contributed by atoms with Crippen LogP contribution in [0.25, 0.3) is 0 Å². The van der Waals surface area contributed by atoms with E-state index in [4.69, 9.17) is 0 Å². The van der Waals surface area contributed by atoms with Gasteiger partial charge in [-0.25, -0.2) is 8.78 Å². The number of rotatable bonds is 3. The van der Waals surface area contributed by atoms with Gasteiger partial charge in [0, 0.05) is 17.7 Å². The predicted molar refractivity (Wildman–Crippen MR) is 86.2 cm³/mol. The number of halogens is 2. The van der Waals surface area contributed by atoms with Crippen molar-refractivity contribution in [3.63, 3.8) is 0 Å². The van der Waals surface area contributed by atoms with Crippen LogP contribution in [0.5, 0.6) is 0 Å². The summed E-state index contributed by atoms with van der Waals surface area (Å²) in [7, 11) is 0. The molecule has 2 atom stereocenters. The summed E-state index contributed by atoms with van der Waals surface area (Å²) in [6.45, 7) is 6.13. The maximum Gasteiger partial charge on any atom is 0.228 e. The molecule has 2 aromatic rings. The number of carbonyl (C=O) groups excluding carboxylic acids is 1. The molecule has 2 aromatic carbocycles. The van der Waals surface area contributed by atoms with Gasteiger partial charge in [-0.1, -0.05) is 43.7 Å². The first kappa shape index (κ1) is 15.7. The number of aryl methyl sites for hydroxylation is 1. The molecular formula is C19H19F2NO. The van der Waals surface area contributed by atoms with Crippen molar-refractivity contribution in [3.05, 3.63) is 65.2 Å². The number of carbonyl (C=O) groups is 1. The van der Waals surface area contributed by atoms with Crippen molar-refractivity contribution < 1.29 is 13.6 Å². The van der Waals surface area contributed by atoms with Crippen molar-refractivity contribution in [2.45, 2.75) is 26.7 Å². The largest absolute Gasteiger partial charge is 0.326 e. The van der Waals surface area contributed by atoms with Crippen LogP contribution in [0.4, 0.5) is 14.5 Å². The minimum atomic E-state index is -0.965. The summed E-state index contributed by atoms with van der Waals surface area (Å²) in [6.07, 6.45) is 0. The van der Waals surface area contributed by atoms with E-state index in [1.54, 1.807) is 0 Å². The van der Waals surface area contributed by atoms with Crippen molar-refractivity contribution >= 4 is 11.6 Å². The van der Waals surface area contributed by atoms with Gasteiger partial charge in [-0.05, 0) is 30.0 Å². The molecule has 1 saturated carbocycles. The second-order valence-electron chi connectivity index (χ2n) is 6.81. The van der Waals surface area contributed by atoms with Crippen LogP contribution in [0.2, 0.25) is 0 Å². The Labute approximate surface area is 134 Å². The van der Waals surface area contributed by atoms with Gasteiger partial charge in [0.2, 0.25) is 5.91 Å². The number of amides is 1. The summed E-state index contributed by atoms with van der Waals surface area (Å²) in [5, 5.41) is 2.70. The predicted octanol–water partition coefficient (Wildman–Crippen LogP) is 4.65.